The number of nitrogens with zero attached hydrogens (tertiary/aromatic N) is 2. The Balaban J connectivity index is 1.56. The van der Waals surface area contributed by atoms with Gasteiger partial charge in [0.05, 0.1) is 12.4 Å². The largest absolute Gasteiger partial charge is 0.489 e. The summed E-state index contributed by atoms with van der Waals surface area (Å²) < 4.78 is 7.75. The van der Waals surface area contributed by atoms with Crippen LogP contribution >= 0.6 is 11.6 Å². The Labute approximate surface area is 152 Å². The molecule has 0 radical (unpaired) electrons. The summed E-state index contributed by atoms with van der Waals surface area (Å²) in [6.07, 6.45) is 4.87. The summed E-state index contributed by atoms with van der Waals surface area (Å²) >= 11 is 5.88. The lowest BCUT2D eigenvalue weighted by Crippen LogP contribution is -2.15. The smallest absolute Gasteiger partial charge is 0.119 e. The van der Waals surface area contributed by atoms with E-state index in [1.54, 1.807) is 12.5 Å². The summed E-state index contributed by atoms with van der Waals surface area (Å²) in [6.45, 7) is 3.22. The van der Waals surface area contributed by atoms with Crippen molar-refractivity contribution in [3.05, 3.63) is 83.4 Å². The van der Waals surface area contributed by atoms with Gasteiger partial charge in [0, 0.05) is 29.9 Å². The molecule has 5 heteroatoms. The van der Waals surface area contributed by atoms with Gasteiger partial charge in [0.2, 0.25) is 0 Å². The second-order valence-corrected chi connectivity index (χ2v) is 6.60. The summed E-state index contributed by atoms with van der Waals surface area (Å²) in [4.78, 5) is 4.03. The van der Waals surface area contributed by atoms with Crippen LogP contribution < -0.4 is 4.74 Å². The SMILES string of the molecule is CC(Cn1ccnc1)C(O)c1ccc(OCc2ccc(Cl)cc2)cc1. The Bertz CT molecular complexity index is 770. The van der Waals surface area contributed by atoms with Crippen molar-refractivity contribution in [2.24, 2.45) is 5.92 Å². The predicted octanol–water partition coefficient (Wildman–Crippen LogP) is 4.49. The van der Waals surface area contributed by atoms with Crippen molar-refractivity contribution in [3.63, 3.8) is 0 Å². The number of benzene rings is 2. The molecular weight excluding hydrogens is 336 g/mol. The molecule has 0 aliphatic heterocycles. The maximum absolute atomic E-state index is 10.5. The Hall–Kier alpha value is -2.30. The van der Waals surface area contributed by atoms with Crippen LogP contribution in [0.5, 0.6) is 5.75 Å². The van der Waals surface area contributed by atoms with Gasteiger partial charge in [-0.1, -0.05) is 42.8 Å². The van der Waals surface area contributed by atoms with E-state index in [-0.39, 0.29) is 5.92 Å². The second-order valence-electron chi connectivity index (χ2n) is 6.17. The Morgan fingerprint density at radius 1 is 1.12 bits per heavy atom. The molecule has 2 unspecified atom stereocenters. The fourth-order valence-electron chi connectivity index (χ4n) is 2.66. The molecule has 0 fully saturated rings. The van der Waals surface area contributed by atoms with Crippen molar-refractivity contribution in [2.75, 3.05) is 0 Å². The van der Waals surface area contributed by atoms with Crippen LogP contribution in [-0.2, 0) is 13.2 Å². The van der Waals surface area contributed by atoms with Gasteiger partial charge in [-0.15, -0.1) is 0 Å². The number of aliphatic hydroxyl groups is 1. The maximum Gasteiger partial charge on any atom is 0.119 e. The third-order valence-corrected chi connectivity index (χ3v) is 4.39. The predicted molar refractivity (Wildman–Crippen MR) is 98.6 cm³/mol. The lowest BCUT2D eigenvalue weighted by atomic mass is 9.97. The van der Waals surface area contributed by atoms with Crippen LogP contribution in [0.25, 0.3) is 0 Å². The monoisotopic (exact) mass is 356 g/mol. The van der Waals surface area contributed by atoms with Crippen molar-refractivity contribution in [1.29, 1.82) is 0 Å². The highest BCUT2D eigenvalue weighted by Crippen LogP contribution is 2.25. The Morgan fingerprint density at radius 2 is 1.84 bits per heavy atom. The van der Waals surface area contributed by atoms with Gasteiger partial charge in [-0.3, -0.25) is 0 Å². The van der Waals surface area contributed by atoms with E-state index >= 15 is 0 Å². The molecule has 0 spiro atoms. The molecule has 25 heavy (non-hydrogen) atoms. The molecule has 0 saturated heterocycles. The number of hydrogen-bond donors (Lipinski definition) is 1. The summed E-state index contributed by atoms with van der Waals surface area (Å²) in [6, 6.07) is 15.2. The summed E-state index contributed by atoms with van der Waals surface area (Å²) in [5, 5.41) is 11.2. The molecule has 0 aliphatic carbocycles. The van der Waals surface area contributed by atoms with Gasteiger partial charge in [-0.05, 0) is 35.4 Å². The van der Waals surface area contributed by atoms with Gasteiger partial charge in [-0.25, -0.2) is 4.98 Å². The fraction of sp³-hybridized carbons (Fsp3) is 0.250. The fourth-order valence-corrected chi connectivity index (χ4v) is 2.79. The number of aliphatic hydroxyl groups excluding tert-OH is 1. The minimum Gasteiger partial charge on any atom is -0.489 e. The summed E-state index contributed by atoms with van der Waals surface area (Å²) in [5.41, 5.74) is 1.94. The van der Waals surface area contributed by atoms with Gasteiger partial charge in [0.25, 0.3) is 0 Å². The molecule has 1 heterocycles. The van der Waals surface area contributed by atoms with E-state index in [1.165, 1.54) is 0 Å². The third-order valence-electron chi connectivity index (χ3n) is 4.14. The molecule has 2 atom stereocenters. The average Bonchev–Trinajstić information content (AvgIpc) is 3.14. The quantitative estimate of drug-likeness (QED) is 0.678. The van der Waals surface area contributed by atoms with E-state index in [1.807, 2.05) is 66.2 Å². The van der Waals surface area contributed by atoms with Gasteiger partial charge < -0.3 is 14.4 Å². The van der Waals surface area contributed by atoms with Crippen molar-refractivity contribution >= 4 is 11.6 Å². The number of ether oxygens (including phenoxy) is 1. The third kappa shape index (κ3) is 4.84. The first-order chi connectivity index (χ1) is 12.1. The molecule has 3 aromatic rings. The zero-order valence-electron chi connectivity index (χ0n) is 14.0. The van der Waals surface area contributed by atoms with Crippen LogP contribution in [0.1, 0.15) is 24.2 Å². The van der Waals surface area contributed by atoms with E-state index in [4.69, 9.17) is 16.3 Å². The zero-order valence-corrected chi connectivity index (χ0v) is 14.8. The van der Waals surface area contributed by atoms with Crippen LogP contribution in [0, 0.1) is 5.92 Å². The normalized spacial score (nSPS) is 13.4. The summed E-state index contributed by atoms with van der Waals surface area (Å²) in [5.74, 6) is 0.850. The second kappa shape index (κ2) is 8.19. The Kier molecular flexibility index (Phi) is 5.74. The maximum atomic E-state index is 10.5. The molecule has 0 bridgehead atoms. The molecule has 3 rings (SSSR count). The molecule has 1 aromatic heterocycles. The van der Waals surface area contributed by atoms with Crippen molar-refractivity contribution in [1.82, 2.24) is 9.55 Å². The van der Waals surface area contributed by atoms with Crippen molar-refractivity contribution < 1.29 is 9.84 Å². The van der Waals surface area contributed by atoms with Gasteiger partial charge in [0.15, 0.2) is 0 Å². The molecule has 1 N–H and O–H groups in total. The first-order valence-electron chi connectivity index (χ1n) is 8.23. The number of aromatic nitrogens is 2. The molecule has 0 amide bonds. The minimum absolute atomic E-state index is 0.0787. The van der Waals surface area contributed by atoms with Gasteiger partial charge in [-0.2, -0.15) is 0 Å². The molecule has 4 nitrogen and oxygen atoms in total. The van der Waals surface area contributed by atoms with Crippen LogP contribution in [0.3, 0.4) is 0 Å². The standard InChI is InChI=1S/C20H21ClN2O2/c1-15(12-23-11-10-22-14-23)20(24)17-4-8-19(9-5-17)25-13-16-2-6-18(21)7-3-16/h2-11,14-15,20,24H,12-13H2,1H3. The van der Waals surface area contributed by atoms with E-state index in [0.717, 1.165) is 23.4 Å². The topological polar surface area (TPSA) is 47.3 Å². The highest BCUT2D eigenvalue weighted by atomic mass is 35.5. The van der Waals surface area contributed by atoms with Crippen LogP contribution in [0.15, 0.2) is 67.3 Å². The first-order valence-corrected chi connectivity index (χ1v) is 8.60. The number of imidazole rings is 1. The number of hydrogen-bond acceptors (Lipinski definition) is 3. The lowest BCUT2D eigenvalue weighted by molar-refractivity contribution is 0.107. The van der Waals surface area contributed by atoms with Gasteiger partial charge >= 0.3 is 0 Å². The molecule has 0 saturated carbocycles. The van der Waals surface area contributed by atoms with Crippen molar-refractivity contribution in [2.45, 2.75) is 26.2 Å². The highest BCUT2D eigenvalue weighted by Gasteiger charge is 2.16. The van der Waals surface area contributed by atoms with E-state index in [0.29, 0.717) is 11.6 Å². The molecule has 0 aliphatic rings. The molecule has 130 valence electrons. The van der Waals surface area contributed by atoms with Crippen LogP contribution in [0.2, 0.25) is 5.02 Å². The van der Waals surface area contributed by atoms with Crippen molar-refractivity contribution in [3.8, 4) is 5.75 Å². The lowest BCUT2D eigenvalue weighted by Gasteiger charge is -2.20. The number of rotatable bonds is 7. The van der Waals surface area contributed by atoms with Crippen LogP contribution in [-0.4, -0.2) is 14.7 Å². The highest BCUT2D eigenvalue weighted by molar-refractivity contribution is 6.30. The molecule has 2 aromatic carbocycles. The summed E-state index contributed by atoms with van der Waals surface area (Å²) in [7, 11) is 0. The average molecular weight is 357 g/mol. The van der Waals surface area contributed by atoms with E-state index in [9.17, 15) is 5.11 Å². The minimum atomic E-state index is -0.535. The van der Waals surface area contributed by atoms with Gasteiger partial charge in [0.1, 0.15) is 12.4 Å². The Morgan fingerprint density at radius 3 is 2.48 bits per heavy atom. The number of halogens is 1. The van der Waals surface area contributed by atoms with Crippen LogP contribution in [0.4, 0.5) is 0 Å². The zero-order chi connectivity index (χ0) is 17.6. The molecular formula is C20H21ClN2O2. The van der Waals surface area contributed by atoms with E-state index in [2.05, 4.69) is 4.98 Å². The van der Waals surface area contributed by atoms with E-state index < -0.39 is 6.10 Å². The first kappa shape index (κ1) is 17.5.